The van der Waals surface area contributed by atoms with Gasteiger partial charge in [-0.1, -0.05) is 0 Å². The molecule has 2 atom stereocenters. The number of rotatable bonds is 2. The molecule has 0 aromatic heterocycles. The molecule has 0 aliphatic heterocycles. The van der Waals surface area contributed by atoms with Crippen molar-refractivity contribution in [3.05, 3.63) is 0 Å². The molecule has 0 aromatic rings. The van der Waals surface area contributed by atoms with Crippen molar-refractivity contribution in [1.29, 1.82) is 0 Å². The van der Waals surface area contributed by atoms with Gasteiger partial charge in [0.2, 0.25) is 0 Å². The van der Waals surface area contributed by atoms with Crippen LogP contribution >= 0.6 is 0 Å². The van der Waals surface area contributed by atoms with E-state index < -0.39 is 18.5 Å². The summed E-state index contributed by atoms with van der Waals surface area (Å²) in [6.45, 7) is 2.45. The number of aliphatic hydroxyl groups is 2. The van der Waals surface area contributed by atoms with Crippen molar-refractivity contribution in [1.82, 2.24) is 4.90 Å². The van der Waals surface area contributed by atoms with E-state index in [1.165, 1.54) is 13.8 Å². The van der Waals surface area contributed by atoms with E-state index in [2.05, 4.69) is 0 Å². The SMILES string of the molecule is CC(O)N(C([O])=O)C(C)O. The standard InChI is InChI=1S/C5H10NO4/c1-3(7)6(4(2)8)5(9)10/h3-4,7-8H,1-2H3. The molecule has 0 saturated carbocycles. The van der Waals surface area contributed by atoms with Gasteiger partial charge in [-0.25, -0.2) is 9.90 Å². The zero-order valence-corrected chi connectivity index (χ0v) is 5.81. The number of carbonyl (C=O) groups excluding carboxylic acids is 1. The number of nitrogens with zero attached hydrogens (tertiary/aromatic N) is 1. The van der Waals surface area contributed by atoms with Crippen LogP contribution in [-0.2, 0) is 5.11 Å². The van der Waals surface area contributed by atoms with Gasteiger partial charge in [-0.2, -0.15) is 0 Å². The summed E-state index contributed by atoms with van der Waals surface area (Å²) in [7, 11) is 0. The molecule has 0 aliphatic rings. The van der Waals surface area contributed by atoms with Gasteiger partial charge in [0.25, 0.3) is 0 Å². The summed E-state index contributed by atoms with van der Waals surface area (Å²) in [6.07, 6.45) is -4.08. The zero-order chi connectivity index (χ0) is 8.31. The molecule has 59 valence electrons. The molecule has 1 radical (unpaired) electrons. The van der Waals surface area contributed by atoms with Gasteiger partial charge in [-0.15, -0.1) is 0 Å². The van der Waals surface area contributed by atoms with E-state index in [1.807, 2.05) is 0 Å². The molecule has 0 aliphatic carbocycles. The smallest absolute Gasteiger partial charge is 0.374 e. The maximum atomic E-state index is 10.1. The molecule has 1 amide bonds. The summed E-state index contributed by atoms with van der Waals surface area (Å²) in [5.41, 5.74) is 0. The molecule has 0 saturated heterocycles. The van der Waals surface area contributed by atoms with Crippen molar-refractivity contribution in [3.8, 4) is 0 Å². The highest BCUT2D eigenvalue weighted by Crippen LogP contribution is 2.00. The first-order chi connectivity index (χ1) is 4.46. The maximum absolute atomic E-state index is 10.1. The molecule has 0 rings (SSSR count). The van der Waals surface area contributed by atoms with Crippen LogP contribution in [0.5, 0.6) is 0 Å². The van der Waals surface area contributed by atoms with Crippen LogP contribution in [0.3, 0.4) is 0 Å². The van der Waals surface area contributed by atoms with Gasteiger partial charge in [0.05, 0.1) is 0 Å². The van der Waals surface area contributed by atoms with Gasteiger partial charge in [-0.05, 0) is 13.8 Å². The van der Waals surface area contributed by atoms with Crippen molar-refractivity contribution in [2.45, 2.75) is 26.3 Å². The highest BCUT2D eigenvalue weighted by atomic mass is 16.4. The van der Waals surface area contributed by atoms with Crippen LogP contribution in [0.1, 0.15) is 13.8 Å². The van der Waals surface area contributed by atoms with Gasteiger partial charge < -0.3 is 10.2 Å². The van der Waals surface area contributed by atoms with Gasteiger partial charge in [0.15, 0.2) is 0 Å². The van der Waals surface area contributed by atoms with Gasteiger partial charge >= 0.3 is 6.09 Å². The van der Waals surface area contributed by atoms with E-state index in [9.17, 15) is 9.90 Å². The first-order valence-electron chi connectivity index (χ1n) is 2.82. The fourth-order valence-corrected chi connectivity index (χ4v) is 0.617. The molecule has 0 fully saturated rings. The quantitative estimate of drug-likeness (QED) is 0.519. The Balaban J connectivity index is 4.12. The fraction of sp³-hybridized carbons (Fsp3) is 0.800. The molecule has 5 nitrogen and oxygen atoms in total. The largest absolute Gasteiger partial charge is 0.457 e. The average molecular weight is 148 g/mol. The molecule has 2 N–H and O–H groups in total. The Morgan fingerprint density at radius 1 is 1.30 bits per heavy atom. The Hall–Kier alpha value is -0.810. The predicted molar refractivity (Wildman–Crippen MR) is 31.3 cm³/mol. The highest BCUT2D eigenvalue weighted by molar-refractivity contribution is 5.64. The number of hydrogen-bond acceptors (Lipinski definition) is 3. The van der Waals surface area contributed by atoms with E-state index >= 15 is 0 Å². The third-order valence-electron chi connectivity index (χ3n) is 1.02. The number of hydrogen-bond donors (Lipinski definition) is 2. The fourth-order valence-electron chi connectivity index (χ4n) is 0.617. The van der Waals surface area contributed by atoms with Crippen LogP contribution in [-0.4, -0.2) is 33.7 Å². The van der Waals surface area contributed by atoms with Crippen LogP contribution in [0, 0.1) is 0 Å². The molecule has 10 heavy (non-hydrogen) atoms. The number of aliphatic hydroxyl groups excluding tert-OH is 2. The summed E-state index contributed by atoms with van der Waals surface area (Å²) < 4.78 is 0. The minimum atomic E-state index is -1.59. The lowest BCUT2D eigenvalue weighted by Crippen LogP contribution is -2.43. The minimum Gasteiger partial charge on any atom is -0.374 e. The lowest BCUT2D eigenvalue weighted by molar-refractivity contribution is -0.0706. The van der Waals surface area contributed by atoms with Crippen molar-refractivity contribution in [2.24, 2.45) is 0 Å². The number of amides is 1. The predicted octanol–water partition coefficient (Wildman–Crippen LogP) is -0.485. The second-order valence-corrected chi connectivity index (χ2v) is 1.94. The van der Waals surface area contributed by atoms with Gasteiger partial charge in [-0.3, -0.25) is 4.90 Å². The highest BCUT2D eigenvalue weighted by Gasteiger charge is 2.22. The van der Waals surface area contributed by atoms with Crippen molar-refractivity contribution >= 4 is 6.09 Å². The average Bonchev–Trinajstić information content (AvgIpc) is 1.59. The first kappa shape index (κ1) is 9.19. The first-order valence-corrected chi connectivity index (χ1v) is 2.82. The molecule has 0 spiro atoms. The summed E-state index contributed by atoms with van der Waals surface area (Å²) in [5, 5.41) is 27.5. The second-order valence-electron chi connectivity index (χ2n) is 1.94. The minimum absolute atomic E-state index is 0.417. The Bertz CT molecular complexity index is 115. The Labute approximate surface area is 58.5 Å². The normalized spacial score (nSPS) is 16.0. The summed E-state index contributed by atoms with van der Waals surface area (Å²) >= 11 is 0. The van der Waals surface area contributed by atoms with Crippen LogP contribution in [0.2, 0.25) is 0 Å². The van der Waals surface area contributed by atoms with E-state index in [4.69, 9.17) is 10.2 Å². The zero-order valence-electron chi connectivity index (χ0n) is 5.81. The van der Waals surface area contributed by atoms with Crippen molar-refractivity contribution in [2.75, 3.05) is 0 Å². The summed E-state index contributed by atoms with van der Waals surface area (Å²) in [5.74, 6) is 0. The van der Waals surface area contributed by atoms with E-state index in [0.717, 1.165) is 0 Å². The van der Waals surface area contributed by atoms with Crippen molar-refractivity contribution < 1.29 is 20.1 Å². The number of carbonyl (C=O) groups is 1. The van der Waals surface area contributed by atoms with Gasteiger partial charge in [0.1, 0.15) is 12.5 Å². The van der Waals surface area contributed by atoms with Gasteiger partial charge in [0, 0.05) is 0 Å². The van der Waals surface area contributed by atoms with E-state index in [-0.39, 0.29) is 0 Å². The van der Waals surface area contributed by atoms with Crippen molar-refractivity contribution in [3.63, 3.8) is 0 Å². The Kier molecular flexibility index (Phi) is 3.11. The molecule has 0 heterocycles. The second kappa shape index (κ2) is 3.38. The third-order valence-corrected chi connectivity index (χ3v) is 1.02. The van der Waals surface area contributed by atoms with Crippen LogP contribution in [0.25, 0.3) is 0 Å². The Morgan fingerprint density at radius 2 is 1.60 bits per heavy atom. The topological polar surface area (TPSA) is 80.7 Å². The van der Waals surface area contributed by atoms with E-state index in [0.29, 0.717) is 4.90 Å². The van der Waals surface area contributed by atoms with Crippen LogP contribution in [0.15, 0.2) is 0 Å². The molecule has 5 heteroatoms. The molecule has 2 unspecified atom stereocenters. The molecule has 0 aromatic carbocycles. The molecule has 0 bridgehead atoms. The third kappa shape index (κ3) is 2.20. The monoisotopic (exact) mass is 148 g/mol. The lowest BCUT2D eigenvalue weighted by atomic mass is 10.5. The maximum Gasteiger partial charge on any atom is 0.457 e. The summed E-state index contributed by atoms with van der Waals surface area (Å²) in [6, 6.07) is 0. The molecular weight excluding hydrogens is 138 g/mol. The Morgan fingerprint density at radius 3 is 1.60 bits per heavy atom. The van der Waals surface area contributed by atoms with E-state index in [1.54, 1.807) is 0 Å². The van der Waals surface area contributed by atoms with Crippen LogP contribution in [0.4, 0.5) is 4.79 Å². The van der Waals surface area contributed by atoms with Crippen LogP contribution < -0.4 is 0 Å². The lowest BCUT2D eigenvalue weighted by Gasteiger charge is -2.23. The molecular formula is C5H10NO4. The summed E-state index contributed by atoms with van der Waals surface area (Å²) in [4.78, 5) is 10.5.